The summed E-state index contributed by atoms with van der Waals surface area (Å²) in [6, 6.07) is 15.7. The summed E-state index contributed by atoms with van der Waals surface area (Å²) in [5.41, 5.74) is 2.19. The molecule has 0 N–H and O–H groups in total. The van der Waals surface area contributed by atoms with Gasteiger partial charge in [0.1, 0.15) is 11.5 Å². The molecule has 1 fully saturated rings. The number of hydrogen-bond acceptors (Lipinski definition) is 4. The molecule has 0 radical (unpaired) electrons. The maximum atomic E-state index is 12.8. The van der Waals surface area contributed by atoms with E-state index in [1.165, 1.54) is 0 Å². The third-order valence-corrected chi connectivity index (χ3v) is 5.87. The van der Waals surface area contributed by atoms with Crippen LogP contribution >= 0.6 is 0 Å². The van der Waals surface area contributed by atoms with Gasteiger partial charge in [-0.25, -0.2) is 0 Å². The molecular formula is C26H34N2O4. The summed E-state index contributed by atoms with van der Waals surface area (Å²) in [5.74, 6) is 1.97. The number of benzene rings is 2. The molecule has 0 aliphatic carbocycles. The lowest BCUT2D eigenvalue weighted by molar-refractivity contribution is -0.133. The van der Waals surface area contributed by atoms with Gasteiger partial charge in [0.2, 0.25) is 11.8 Å². The minimum atomic E-state index is 0.142. The van der Waals surface area contributed by atoms with Gasteiger partial charge in [0.15, 0.2) is 0 Å². The normalized spacial score (nSPS) is 14.1. The van der Waals surface area contributed by atoms with Gasteiger partial charge in [-0.05, 0) is 55.5 Å². The molecule has 3 rings (SSSR count). The van der Waals surface area contributed by atoms with Crippen molar-refractivity contribution in [3.8, 4) is 11.5 Å². The number of carbonyl (C=O) groups is 2. The number of rotatable bonds is 9. The van der Waals surface area contributed by atoms with Gasteiger partial charge in [-0.1, -0.05) is 30.3 Å². The third kappa shape index (κ3) is 6.74. The predicted molar refractivity (Wildman–Crippen MR) is 125 cm³/mol. The molecule has 172 valence electrons. The fourth-order valence-electron chi connectivity index (χ4n) is 4.02. The lowest BCUT2D eigenvalue weighted by Crippen LogP contribution is -2.37. The first-order chi connectivity index (χ1) is 15.6. The van der Waals surface area contributed by atoms with Gasteiger partial charge < -0.3 is 19.3 Å². The zero-order chi connectivity index (χ0) is 22.8. The van der Waals surface area contributed by atoms with E-state index in [0.717, 1.165) is 29.0 Å². The van der Waals surface area contributed by atoms with Crippen LogP contribution in [0.4, 0.5) is 0 Å². The predicted octanol–water partition coefficient (Wildman–Crippen LogP) is 3.72. The molecule has 0 saturated carbocycles. The van der Waals surface area contributed by atoms with Crippen molar-refractivity contribution in [3.05, 3.63) is 59.7 Å². The lowest BCUT2D eigenvalue weighted by Gasteiger charge is -2.22. The van der Waals surface area contributed by atoms with Crippen molar-refractivity contribution in [2.75, 3.05) is 39.9 Å². The second-order valence-corrected chi connectivity index (χ2v) is 8.00. The minimum absolute atomic E-state index is 0.142. The van der Waals surface area contributed by atoms with Gasteiger partial charge in [-0.3, -0.25) is 9.59 Å². The van der Waals surface area contributed by atoms with Crippen LogP contribution in [-0.4, -0.2) is 61.5 Å². The Bertz CT molecular complexity index is 882. The average Bonchev–Trinajstić information content (AvgIpc) is 3.09. The monoisotopic (exact) mass is 438 g/mol. The molecule has 6 heteroatoms. The first-order valence-electron chi connectivity index (χ1n) is 11.5. The Labute approximate surface area is 191 Å². The van der Waals surface area contributed by atoms with Gasteiger partial charge in [0, 0.05) is 39.0 Å². The summed E-state index contributed by atoms with van der Waals surface area (Å²) in [4.78, 5) is 29.3. The fraction of sp³-hybridized carbons (Fsp3) is 0.462. The van der Waals surface area contributed by atoms with Crippen molar-refractivity contribution in [2.45, 2.75) is 39.0 Å². The highest BCUT2D eigenvalue weighted by Gasteiger charge is 2.22. The third-order valence-electron chi connectivity index (χ3n) is 5.87. The van der Waals surface area contributed by atoms with Crippen molar-refractivity contribution in [3.63, 3.8) is 0 Å². The van der Waals surface area contributed by atoms with E-state index in [1.54, 1.807) is 7.11 Å². The highest BCUT2D eigenvalue weighted by molar-refractivity contribution is 5.78. The summed E-state index contributed by atoms with van der Waals surface area (Å²) in [7, 11) is 1.64. The molecule has 2 amide bonds. The molecule has 0 unspecified atom stereocenters. The summed E-state index contributed by atoms with van der Waals surface area (Å²) in [5, 5.41) is 0. The number of nitrogens with zero attached hydrogens (tertiary/aromatic N) is 2. The quantitative estimate of drug-likeness (QED) is 0.599. The van der Waals surface area contributed by atoms with Gasteiger partial charge in [0.25, 0.3) is 0 Å². The van der Waals surface area contributed by atoms with Crippen molar-refractivity contribution in [2.24, 2.45) is 0 Å². The SMILES string of the molecule is CCOc1ccccc1CCC(=O)N1CCCN(C(=O)CCc2ccc(OC)cc2)CC1. The molecule has 1 heterocycles. The Morgan fingerprint density at radius 3 is 2.09 bits per heavy atom. The number of amides is 2. The minimum Gasteiger partial charge on any atom is -0.497 e. The Morgan fingerprint density at radius 1 is 0.844 bits per heavy atom. The molecule has 0 atom stereocenters. The summed E-state index contributed by atoms with van der Waals surface area (Å²) < 4.78 is 10.8. The number of ether oxygens (including phenoxy) is 2. The van der Waals surface area contributed by atoms with Gasteiger partial charge in [0.05, 0.1) is 13.7 Å². The van der Waals surface area contributed by atoms with E-state index in [9.17, 15) is 9.59 Å². The highest BCUT2D eigenvalue weighted by atomic mass is 16.5. The molecule has 0 spiro atoms. The second kappa shape index (κ2) is 12.1. The van der Waals surface area contributed by atoms with Crippen LogP contribution in [0.5, 0.6) is 11.5 Å². The van der Waals surface area contributed by atoms with Crippen LogP contribution in [0.3, 0.4) is 0 Å². The molecule has 2 aromatic carbocycles. The smallest absolute Gasteiger partial charge is 0.222 e. The Morgan fingerprint density at radius 2 is 1.47 bits per heavy atom. The molecule has 6 nitrogen and oxygen atoms in total. The topological polar surface area (TPSA) is 59.1 Å². The first kappa shape index (κ1) is 23.6. The van der Waals surface area contributed by atoms with E-state index in [-0.39, 0.29) is 11.8 Å². The van der Waals surface area contributed by atoms with Gasteiger partial charge in [-0.15, -0.1) is 0 Å². The molecule has 1 aliphatic rings. The van der Waals surface area contributed by atoms with Crippen molar-refractivity contribution < 1.29 is 19.1 Å². The van der Waals surface area contributed by atoms with E-state index in [2.05, 4.69) is 0 Å². The van der Waals surface area contributed by atoms with Crippen LogP contribution < -0.4 is 9.47 Å². The van der Waals surface area contributed by atoms with Crippen LogP contribution in [0.25, 0.3) is 0 Å². The molecular weight excluding hydrogens is 404 g/mol. The van der Waals surface area contributed by atoms with Crippen molar-refractivity contribution >= 4 is 11.8 Å². The lowest BCUT2D eigenvalue weighted by atomic mass is 10.1. The molecule has 2 aromatic rings. The van der Waals surface area contributed by atoms with Crippen LogP contribution in [0.15, 0.2) is 48.5 Å². The average molecular weight is 439 g/mol. The van der Waals surface area contributed by atoms with Crippen LogP contribution in [0, 0.1) is 0 Å². The van der Waals surface area contributed by atoms with Gasteiger partial charge >= 0.3 is 0 Å². The molecule has 0 aromatic heterocycles. The van der Waals surface area contributed by atoms with E-state index >= 15 is 0 Å². The summed E-state index contributed by atoms with van der Waals surface area (Å²) in [6.07, 6.45) is 3.12. The highest BCUT2D eigenvalue weighted by Crippen LogP contribution is 2.20. The van der Waals surface area contributed by atoms with E-state index in [4.69, 9.17) is 9.47 Å². The maximum Gasteiger partial charge on any atom is 0.222 e. The van der Waals surface area contributed by atoms with Crippen molar-refractivity contribution in [1.29, 1.82) is 0 Å². The van der Waals surface area contributed by atoms with E-state index in [0.29, 0.717) is 58.5 Å². The van der Waals surface area contributed by atoms with Crippen LogP contribution in [0.2, 0.25) is 0 Å². The number of hydrogen-bond donors (Lipinski definition) is 0. The number of para-hydroxylation sites is 1. The zero-order valence-corrected chi connectivity index (χ0v) is 19.2. The fourth-order valence-corrected chi connectivity index (χ4v) is 4.02. The molecule has 1 saturated heterocycles. The maximum absolute atomic E-state index is 12.8. The first-order valence-corrected chi connectivity index (χ1v) is 11.5. The Kier molecular flexibility index (Phi) is 8.96. The molecule has 1 aliphatic heterocycles. The number of aryl methyl sites for hydroxylation is 2. The largest absolute Gasteiger partial charge is 0.497 e. The van der Waals surface area contributed by atoms with E-state index < -0.39 is 0 Å². The van der Waals surface area contributed by atoms with Crippen molar-refractivity contribution in [1.82, 2.24) is 9.80 Å². The second-order valence-electron chi connectivity index (χ2n) is 8.00. The Balaban J connectivity index is 1.45. The Hall–Kier alpha value is -3.02. The van der Waals surface area contributed by atoms with E-state index in [1.807, 2.05) is 65.3 Å². The van der Waals surface area contributed by atoms with Crippen LogP contribution in [0.1, 0.15) is 37.3 Å². The number of carbonyl (C=O) groups excluding carboxylic acids is 2. The summed E-state index contributed by atoms with van der Waals surface area (Å²) >= 11 is 0. The molecule has 32 heavy (non-hydrogen) atoms. The standard InChI is InChI=1S/C26H34N2O4/c1-3-32-24-8-5-4-7-22(24)12-16-26(30)28-18-6-17-27(19-20-28)25(29)15-11-21-9-13-23(31-2)14-10-21/h4-5,7-10,13-14H,3,6,11-12,15-20H2,1-2H3. The number of methoxy groups -OCH3 is 1. The molecule has 0 bridgehead atoms. The van der Waals surface area contributed by atoms with Gasteiger partial charge in [-0.2, -0.15) is 0 Å². The summed E-state index contributed by atoms with van der Waals surface area (Å²) in [6.45, 7) is 5.18. The van der Waals surface area contributed by atoms with Crippen LogP contribution in [-0.2, 0) is 22.4 Å². The zero-order valence-electron chi connectivity index (χ0n) is 19.2.